The largest absolute Gasteiger partial charge is 0.379 e. The highest BCUT2D eigenvalue weighted by atomic mass is 16.5. The first-order valence-corrected chi connectivity index (χ1v) is 7.36. The Bertz CT molecular complexity index is 269. The fourth-order valence-corrected chi connectivity index (χ4v) is 3.30. The van der Waals surface area contributed by atoms with Crippen LogP contribution in [0, 0.1) is 0 Å². The van der Waals surface area contributed by atoms with E-state index >= 15 is 0 Å². The Morgan fingerprint density at radius 2 is 1.94 bits per heavy atom. The van der Waals surface area contributed by atoms with E-state index in [4.69, 9.17) is 4.74 Å². The summed E-state index contributed by atoms with van der Waals surface area (Å²) in [5, 5.41) is 3.03. The zero-order chi connectivity index (χ0) is 12.8. The fraction of sp³-hybridized carbons (Fsp3) is 0.929. The Balaban J connectivity index is 1.95. The molecule has 0 bridgehead atoms. The number of morpholine rings is 1. The van der Waals surface area contributed by atoms with Gasteiger partial charge in [0.2, 0.25) is 5.91 Å². The van der Waals surface area contributed by atoms with Gasteiger partial charge in [-0.15, -0.1) is 0 Å². The quantitative estimate of drug-likeness (QED) is 0.809. The number of hydrogen-bond acceptors (Lipinski definition) is 3. The Labute approximate surface area is 110 Å². The minimum Gasteiger partial charge on any atom is -0.379 e. The maximum Gasteiger partial charge on any atom is 0.221 e. The van der Waals surface area contributed by atoms with Crippen LogP contribution in [-0.2, 0) is 9.53 Å². The molecule has 18 heavy (non-hydrogen) atoms. The molecule has 2 rings (SSSR count). The highest BCUT2D eigenvalue weighted by Gasteiger charge is 2.41. The molecule has 1 amide bonds. The Hall–Kier alpha value is -0.610. The number of nitrogens with zero attached hydrogens (tertiary/aromatic N) is 1. The van der Waals surface area contributed by atoms with Gasteiger partial charge < -0.3 is 10.1 Å². The number of hydrogen-bond donors (Lipinski definition) is 1. The highest BCUT2D eigenvalue weighted by molar-refractivity contribution is 5.77. The van der Waals surface area contributed by atoms with Crippen LogP contribution in [0.15, 0.2) is 0 Å². The lowest BCUT2D eigenvalue weighted by molar-refractivity contribution is -0.125. The van der Waals surface area contributed by atoms with Crippen LogP contribution in [0.2, 0.25) is 0 Å². The van der Waals surface area contributed by atoms with Gasteiger partial charge in [0.05, 0.1) is 13.2 Å². The molecule has 1 heterocycles. The van der Waals surface area contributed by atoms with Gasteiger partial charge in [-0.05, 0) is 19.3 Å². The molecular weight excluding hydrogens is 228 g/mol. The molecule has 0 atom stereocenters. The van der Waals surface area contributed by atoms with Gasteiger partial charge in [0, 0.05) is 31.6 Å². The zero-order valence-corrected chi connectivity index (χ0v) is 11.5. The van der Waals surface area contributed by atoms with Crippen LogP contribution < -0.4 is 5.32 Å². The van der Waals surface area contributed by atoms with Crippen LogP contribution in [0.3, 0.4) is 0 Å². The second-order valence-corrected chi connectivity index (χ2v) is 5.56. The van der Waals surface area contributed by atoms with Crippen molar-refractivity contribution < 1.29 is 9.53 Å². The molecule has 1 saturated carbocycles. The van der Waals surface area contributed by atoms with E-state index in [1.54, 1.807) is 0 Å². The SMILES string of the molecule is CCCNC(=O)CC1(N2CCOCC2)CCCC1. The van der Waals surface area contributed by atoms with E-state index in [1.807, 2.05) is 0 Å². The van der Waals surface area contributed by atoms with Crippen molar-refractivity contribution in [3.8, 4) is 0 Å². The van der Waals surface area contributed by atoms with Crippen molar-refractivity contribution in [2.24, 2.45) is 0 Å². The van der Waals surface area contributed by atoms with Gasteiger partial charge in [0.25, 0.3) is 0 Å². The maximum absolute atomic E-state index is 12.0. The second kappa shape index (κ2) is 6.53. The van der Waals surface area contributed by atoms with Crippen molar-refractivity contribution in [1.82, 2.24) is 10.2 Å². The van der Waals surface area contributed by atoms with Crippen molar-refractivity contribution in [3.63, 3.8) is 0 Å². The van der Waals surface area contributed by atoms with Crippen molar-refractivity contribution in [2.45, 2.75) is 51.0 Å². The molecule has 1 N–H and O–H groups in total. The van der Waals surface area contributed by atoms with Crippen molar-refractivity contribution in [1.29, 1.82) is 0 Å². The lowest BCUT2D eigenvalue weighted by Crippen LogP contribution is -2.54. The molecular formula is C14H26N2O2. The monoisotopic (exact) mass is 254 g/mol. The van der Waals surface area contributed by atoms with E-state index in [-0.39, 0.29) is 11.4 Å². The van der Waals surface area contributed by atoms with Gasteiger partial charge >= 0.3 is 0 Å². The van der Waals surface area contributed by atoms with Crippen LogP contribution in [0.25, 0.3) is 0 Å². The Kier molecular flexibility index (Phi) is 5.01. The predicted octanol–water partition coefficient (Wildman–Crippen LogP) is 1.55. The second-order valence-electron chi connectivity index (χ2n) is 5.56. The van der Waals surface area contributed by atoms with Crippen molar-refractivity contribution in [3.05, 3.63) is 0 Å². The Morgan fingerprint density at radius 3 is 2.56 bits per heavy atom. The molecule has 4 heteroatoms. The topological polar surface area (TPSA) is 41.6 Å². The van der Waals surface area contributed by atoms with Gasteiger partial charge in [0.15, 0.2) is 0 Å². The molecule has 1 aliphatic heterocycles. The van der Waals surface area contributed by atoms with E-state index in [9.17, 15) is 4.79 Å². The molecule has 0 unspecified atom stereocenters. The minimum absolute atomic E-state index is 0.127. The van der Waals surface area contributed by atoms with Crippen LogP contribution in [-0.4, -0.2) is 49.2 Å². The number of carbonyl (C=O) groups is 1. The Morgan fingerprint density at radius 1 is 1.28 bits per heavy atom. The van der Waals surface area contributed by atoms with Gasteiger partial charge in [-0.2, -0.15) is 0 Å². The smallest absolute Gasteiger partial charge is 0.221 e. The van der Waals surface area contributed by atoms with Crippen LogP contribution in [0.4, 0.5) is 0 Å². The summed E-state index contributed by atoms with van der Waals surface area (Å²) in [6.07, 6.45) is 6.55. The minimum atomic E-state index is 0.127. The molecule has 4 nitrogen and oxygen atoms in total. The van der Waals surface area contributed by atoms with E-state index in [0.717, 1.165) is 39.3 Å². The fourth-order valence-electron chi connectivity index (χ4n) is 3.30. The lowest BCUT2D eigenvalue weighted by atomic mass is 9.90. The van der Waals surface area contributed by atoms with Crippen molar-refractivity contribution >= 4 is 5.91 Å². The number of carbonyl (C=O) groups excluding carboxylic acids is 1. The summed E-state index contributed by atoms with van der Waals surface area (Å²) < 4.78 is 5.43. The summed E-state index contributed by atoms with van der Waals surface area (Å²) >= 11 is 0. The molecule has 1 aliphatic carbocycles. The van der Waals surface area contributed by atoms with E-state index < -0.39 is 0 Å². The molecule has 0 aromatic heterocycles. The first kappa shape index (κ1) is 13.8. The van der Waals surface area contributed by atoms with Crippen LogP contribution >= 0.6 is 0 Å². The standard InChI is InChI=1S/C14H26N2O2/c1-2-7-15-13(17)12-14(5-3-4-6-14)16-8-10-18-11-9-16/h2-12H2,1H3,(H,15,17). The third kappa shape index (κ3) is 3.23. The van der Waals surface area contributed by atoms with Crippen LogP contribution in [0.1, 0.15) is 45.4 Å². The number of nitrogens with one attached hydrogen (secondary N) is 1. The first-order valence-electron chi connectivity index (χ1n) is 7.36. The van der Waals surface area contributed by atoms with Crippen LogP contribution in [0.5, 0.6) is 0 Å². The summed E-state index contributed by atoms with van der Waals surface area (Å²) in [6, 6.07) is 0. The molecule has 0 aromatic rings. The molecule has 2 aliphatic rings. The summed E-state index contributed by atoms with van der Waals surface area (Å²) in [5.74, 6) is 0.227. The normalized spacial score (nSPS) is 24.1. The zero-order valence-electron chi connectivity index (χ0n) is 11.5. The molecule has 2 fully saturated rings. The lowest BCUT2D eigenvalue weighted by Gasteiger charge is -2.43. The molecule has 1 saturated heterocycles. The van der Waals surface area contributed by atoms with Gasteiger partial charge in [0.1, 0.15) is 0 Å². The summed E-state index contributed by atoms with van der Waals surface area (Å²) in [5.41, 5.74) is 0.127. The third-order valence-corrected chi connectivity index (χ3v) is 4.28. The average Bonchev–Trinajstić information content (AvgIpc) is 2.87. The van der Waals surface area contributed by atoms with Gasteiger partial charge in [-0.1, -0.05) is 19.8 Å². The molecule has 0 aromatic carbocycles. The summed E-state index contributed by atoms with van der Waals surface area (Å²) in [7, 11) is 0. The van der Waals surface area contributed by atoms with Crippen molar-refractivity contribution in [2.75, 3.05) is 32.8 Å². The number of rotatable bonds is 5. The van der Waals surface area contributed by atoms with Gasteiger partial charge in [-0.3, -0.25) is 9.69 Å². The number of ether oxygens (including phenoxy) is 1. The average molecular weight is 254 g/mol. The number of amides is 1. The maximum atomic E-state index is 12.0. The van der Waals surface area contributed by atoms with E-state index in [0.29, 0.717) is 6.42 Å². The third-order valence-electron chi connectivity index (χ3n) is 4.28. The predicted molar refractivity (Wildman–Crippen MR) is 71.5 cm³/mol. The first-order chi connectivity index (χ1) is 8.77. The highest BCUT2D eigenvalue weighted by Crippen LogP contribution is 2.38. The summed E-state index contributed by atoms with van der Waals surface area (Å²) in [4.78, 5) is 14.5. The van der Waals surface area contributed by atoms with E-state index in [1.165, 1.54) is 25.7 Å². The molecule has 0 radical (unpaired) electrons. The molecule has 0 spiro atoms. The van der Waals surface area contributed by atoms with Gasteiger partial charge in [-0.25, -0.2) is 0 Å². The molecule has 104 valence electrons. The summed E-state index contributed by atoms with van der Waals surface area (Å²) in [6.45, 7) is 6.50. The van der Waals surface area contributed by atoms with E-state index in [2.05, 4.69) is 17.1 Å².